The smallest absolute Gasteiger partial charge is 0.236 e. The SMILES string of the molecule is CC1CN(CC(=O)N2CC(C)OC(C)C2)CC(C)N1.Cl. The molecule has 0 aliphatic carbocycles. The largest absolute Gasteiger partial charge is 0.372 e. The second kappa shape index (κ2) is 7.59. The van der Waals surface area contributed by atoms with Crippen LogP contribution in [-0.4, -0.2) is 72.7 Å². The van der Waals surface area contributed by atoms with Gasteiger partial charge in [-0.15, -0.1) is 12.4 Å². The molecule has 1 amide bonds. The van der Waals surface area contributed by atoms with Crippen LogP contribution in [-0.2, 0) is 9.53 Å². The average Bonchev–Trinajstić information content (AvgIpc) is 2.25. The van der Waals surface area contributed by atoms with Gasteiger partial charge in [0.25, 0.3) is 0 Å². The Morgan fingerprint density at radius 2 is 1.55 bits per heavy atom. The summed E-state index contributed by atoms with van der Waals surface area (Å²) in [6.07, 6.45) is 0.294. The van der Waals surface area contributed by atoms with Crippen molar-refractivity contribution in [3.05, 3.63) is 0 Å². The van der Waals surface area contributed by atoms with Crippen LogP contribution in [0.25, 0.3) is 0 Å². The van der Waals surface area contributed by atoms with Crippen molar-refractivity contribution in [2.24, 2.45) is 0 Å². The minimum atomic E-state index is 0. The molecule has 0 radical (unpaired) electrons. The first-order valence-electron chi connectivity index (χ1n) is 7.35. The topological polar surface area (TPSA) is 44.8 Å². The standard InChI is InChI=1S/C14H27N3O2.ClH/c1-10-5-16(6-11(2)15-10)9-14(18)17-7-12(3)19-13(4)8-17;/h10-13,15H,5-9H2,1-4H3;1H. The van der Waals surface area contributed by atoms with Gasteiger partial charge in [-0.2, -0.15) is 0 Å². The predicted octanol–water partition coefficient (Wildman–Crippen LogP) is 0.726. The number of nitrogens with zero attached hydrogens (tertiary/aromatic N) is 2. The van der Waals surface area contributed by atoms with E-state index in [9.17, 15) is 4.79 Å². The number of ether oxygens (including phenoxy) is 1. The highest BCUT2D eigenvalue weighted by molar-refractivity contribution is 5.85. The fourth-order valence-corrected chi connectivity index (χ4v) is 3.24. The van der Waals surface area contributed by atoms with Crippen molar-refractivity contribution in [1.82, 2.24) is 15.1 Å². The molecule has 5 nitrogen and oxygen atoms in total. The van der Waals surface area contributed by atoms with Gasteiger partial charge >= 0.3 is 0 Å². The van der Waals surface area contributed by atoms with Crippen LogP contribution in [0.5, 0.6) is 0 Å². The molecule has 118 valence electrons. The van der Waals surface area contributed by atoms with Gasteiger partial charge in [-0.3, -0.25) is 9.69 Å². The van der Waals surface area contributed by atoms with Crippen LogP contribution in [0.4, 0.5) is 0 Å². The van der Waals surface area contributed by atoms with Gasteiger partial charge in [0.15, 0.2) is 0 Å². The molecule has 0 saturated carbocycles. The Morgan fingerprint density at radius 3 is 2.05 bits per heavy atom. The minimum Gasteiger partial charge on any atom is -0.372 e. The molecule has 0 aromatic heterocycles. The minimum absolute atomic E-state index is 0. The molecule has 2 heterocycles. The molecule has 4 unspecified atom stereocenters. The number of carbonyl (C=O) groups excluding carboxylic acids is 1. The Morgan fingerprint density at radius 1 is 1.05 bits per heavy atom. The lowest BCUT2D eigenvalue weighted by Gasteiger charge is -2.39. The molecule has 2 saturated heterocycles. The van der Waals surface area contributed by atoms with E-state index in [1.54, 1.807) is 0 Å². The van der Waals surface area contributed by atoms with E-state index >= 15 is 0 Å². The quantitative estimate of drug-likeness (QED) is 0.817. The third kappa shape index (κ3) is 4.88. The molecule has 0 aromatic carbocycles. The van der Waals surface area contributed by atoms with Gasteiger partial charge in [0.1, 0.15) is 0 Å². The van der Waals surface area contributed by atoms with Crippen molar-refractivity contribution >= 4 is 18.3 Å². The van der Waals surface area contributed by atoms with E-state index in [4.69, 9.17) is 4.74 Å². The Bertz CT molecular complexity index is 310. The van der Waals surface area contributed by atoms with Gasteiger partial charge in [-0.1, -0.05) is 0 Å². The fraction of sp³-hybridized carbons (Fsp3) is 0.929. The fourth-order valence-electron chi connectivity index (χ4n) is 3.24. The highest BCUT2D eigenvalue weighted by Gasteiger charge is 2.28. The van der Waals surface area contributed by atoms with Crippen molar-refractivity contribution in [2.75, 3.05) is 32.7 Å². The summed E-state index contributed by atoms with van der Waals surface area (Å²) in [5.41, 5.74) is 0. The van der Waals surface area contributed by atoms with E-state index in [1.807, 2.05) is 18.7 Å². The molecular weight excluding hydrogens is 278 g/mol. The summed E-state index contributed by atoms with van der Waals surface area (Å²) >= 11 is 0. The number of hydrogen-bond donors (Lipinski definition) is 1. The van der Waals surface area contributed by atoms with E-state index in [0.717, 1.165) is 26.2 Å². The predicted molar refractivity (Wildman–Crippen MR) is 82.3 cm³/mol. The molecule has 6 heteroatoms. The molecular formula is C14H28ClN3O2. The molecule has 2 aliphatic rings. The Hall–Kier alpha value is -0.360. The van der Waals surface area contributed by atoms with E-state index in [-0.39, 0.29) is 30.5 Å². The maximum atomic E-state index is 12.4. The second-order valence-electron chi connectivity index (χ2n) is 6.22. The zero-order valence-corrected chi connectivity index (χ0v) is 13.8. The number of morpholine rings is 1. The van der Waals surface area contributed by atoms with Crippen LogP contribution in [0.1, 0.15) is 27.7 Å². The summed E-state index contributed by atoms with van der Waals surface area (Å²) in [5.74, 6) is 0.239. The number of amides is 1. The Labute approximate surface area is 128 Å². The molecule has 20 heavy (non-hydrogen) atoms. The van der Waals surface area contributed by atoms with E-state index in [0.29, 0.717) is 18.6 Å². The average molecular weight is 306 g/mol. The van der Waals surface area contributed by atoms with Crippen molar-refractivity contribution in [3.8, 4) is 0 Å². The maximum absolute atomic E-state index is 12.4. The number of carbonyl (C=O) groups is 1. The number of halogens is 1. The van der Waals surface area contributed by atoms with Crippen LogP contribution in [0.3, 0.4) is 0 Å². The van der Waals surface area contributed by atoms with Crippen molar-refractivity contribution in [1.29, 1.82) is 0 Å². The highest BCUT2D eigenvalue weighted by Crippen LogP contribution is 2.12. The van der Waals surface area contributed by atoms with Gasteiger partial charge in [0.2, 0.25) is 5.91 Å². The Balaban J connectivity index is 0.00000200. The normalized spacial score (nSPS) is 35.5. The first-order chi connectivity index (χ1) is 8.94. The summed E-state index contributed by atoms with van der Waals surface area (Å²) in [7, 11) is 0. The molecule has 0 spiro atoms. The molecule has 4 atom stereocenters. The second-order valence-corrected chi connectivity index (χ2v) is 6.22. The van der Waals surface area contributed by atoms with Crippen LogP contribution in [0, 0.1) is 0 Å². The third-order valence-corrected chi connectivity index (χ3v) is 3.76. The summed E-state index contributed by atoms with van der Waals surface area (Å²) in [5, 5.41) is 3.49. The Kier molecular flexibility index (Phi) is 6.72. The number of rotatable bonds is 2. The van der Waals surface area contributed by atoms with Crippen LogP contribution in [0.15, 0.2) is 0 Å². The lowest BCUT2D eigenvalue weighted by molar-refractivity contribution is -0.144. The van der Waals surface area contributed by atoms with Crippen molar-refractivity contribution < 1.29 is 9.53 Å². The lowest BCUT2D eigenvalue weighted by atomic mass is 10.1. The number of nitrogens with one attached hydrogen (secondary N) is 1. The first kappa shape index (κ1) is 17.7. The van der Waals surface area contributed by atoms with Crippen molar-refractivity contribution in [2.45, 2.75) is 52.0 Å². The lowest BCUT2D eigenvalue weighted by Crippen LogP contribution is -2.57. The summed E-state index contributed by atoms with van der Waals surface area (Å²) in [6, 6.07) is 0.915. The zero-order chi connectivity index (χ0) is 14.0. The molecule has 2 aliphatic heterocycles. The summed E-state index contributed by atoms with van der Waals surface area (Å²) in [4.78, 5) is 16.6. The monoisotopic (exact) mass is 305 g/mol. The molecule has 0 aromatic rings. The third-order valence-electron chi connectivity index (χ3n) is 3.76. The molecule has 1 N–H and O–H groups in total. The zero-order valence-electron chi connectivity index (χ0n) is 13.0. The number of hydrogen-bond acceptors (Lipinski definition) is 4. The van der Waals surface area contributed by atoms with E-state index in [1.165, 1.54) is 0 Å². The van der Waals surface area contributed by atoms with Crippen molar-refractivity contribution in [3.63, 3.8) is 0 Å². The number of piperazine rings is 1. The van der Waals surface area contributed by atoms with Gasteiger partial charge in [-0.25, -0.2) is 0 Å². The highest BCUT2D eigenvalue weighted by atomic mass is 35.5. The van der Waals surface area contributed by atoms with E-state index < -0.39 is 0 Å². The molecule has 0 bridgehead atoms. The van der Waals surface area contributed by atoms with Crippen LogP contribution in [0.2, 0.25) is 0 Å². The molecule has 2 fully saturated rings. The van der Waals surface area contributed by atoms with Gasteiger partial charge in [0, 0.05) is 38.3 Å². The van der Waals surface area contributed by atoms with Gasteiger partial charge in [0.05, 0.1) is 18.8 Å². The van der Waals surface area contributed by atoms with Crippen LogP contribution >= 0.6 is 12.4 Å². The molecule has 2 rings (SSSR count). The summed E-state index contributed by atoms with van der Waals surface area (Å²) < 4.78 is 5.67. The van der Waals surface area contributed by atoms with Crippen LogP contribution < -0.4 is 5.32 Å². The maximum Gasteiger partial charge on any atom is 0.236 e. The van der Waals surface area contributed by atoms with Gasteiger partial charge < -0.3 is 15.0 Å². The first-order valence-corrected chi connectivity index (χ1v) is 7.35. The van der Waals surface area contributed by atoms with E-state index in [2.05, 4.69) is 24.1 Å². The summed E-state index contributed by atoms with van der Waals surface area (Å²) in [6.45, 7) is 12.3. The van der Waals surface area contributed by atoms with Gasteiger partial charge in [-0.05, 0) is 27.7 Å².